The number of aliphatic hydroxyl groups is 1. The van der Waals surface area contributed by atoms with E-state index in [1.165, 1.54) is 0 Å². The van der Waals surface area contributed by atoms with Gasteiger partial charge in [-0.2, -0.15) is 0 Å². The molecule has 2 unspecified atom stereocenters. The largest absolute Gasteiger partial charge is 0.388 e. The fourth-order valence-corrected chi connectivity index (χ4v) is 1.98. The van der Waals surface area contributed by atoms with Crippen molar-refractivity contribution >= 4 is 0 Å². The molecule has 0 aliphatic carbocycles. The molecular weight excluding hydrogens is 243 g/mol. The molecule has 0 radical (unpaired) electrons. The van der Waals surface area contributed by atoms with Crippen LogP contribution in [0.25, 0.3) is 0 Å². The maximum absolute atomic E-state index is 13.5. The van der Waals surface area contributed by atoms with Crippen LogP contribution in [0, 0.1) is 29.3 Å². The minimum Gasteiger partial charge on any atom is -0.388 e. The molecule has 0 amide bonds. The van der Waals surface area contributed by atoms with Crippen LogP contribution in [-0.2, 0) is 0 Å². The molecular formula is C13H18F3NO. The van der Waals surface area contributed by atoms with Gasteiger partial charge in [0.1, 0.15) is 0 Å². The van der Waals surface area contributed by atoms with Crippen molar-refractivity contribution in [1.29, 1.82) is 0 Å². The Morgan fingerprint density at radius 3 is 2.28 bits per heavy atom. The topological polar surface area (TPSA) is 46.2 Å². The first-order valence-corrected chi connectivity index (χ1v) is 5.90. The number of benzene rings is 1. The summed E-state index contributed by atoms with van der Waals surface area (Å²) in [5.41, 5.74) is 5.28. The van der Waals surface area contributed by atoms with Crippen molar-refractivity contribution in [3.63, 3.8) is 0 Å². The van der Waals surface area contributed by atoms with E-state index in [9.17, 15) is 18.3 Å². The fourth-order valence-electron chi connectivity index (χ4n) is 1.98. The van der Waals surface area contributed by atoms with E-state index in [-0.39, 0.29) is 23.9 Å². The second-order valence-electron chi connectivity index (χ2n) is 4.83. The van der Waals surface area contributed by atoms with Crippen LogP contribution in [0.3, 0.4) is 0 Å². The van der Waals surface area contributed by atoms with Gasteiger partial charge in [-0.15, -0.1) is 0 Å². The van der Waals surface area contributed by atoms with Crippen LogP contribution in [0.1, 0.15) is 31.9 Å². The summed E-state index contributed by atoms with van der Waals surface area (Å²) in [6, 6.07) is 1.86. The van der Waals surface area contributed by atoms with E-state index >= 15 is 0 Å². The molecule has 2 nitrogen and oxygen atoms in total. The minimum atomic E-state index is -1.56. The average molecular weight is 261 g/mol. The predicted octanol–water partition coefficient (Wildman–Crippen LogP) is 2.76. The Morgan fingerprint density at radius 1 is 1.17 bits per heavy atom. The highest BCUT2D eigenvalue weighted by Gasteiger charge is 2.25. The Balaban J connectivity index is 3.02. The minimum absolute atomic E-state index is 0.151. The molecule has 3 N–H and O–H groups in total. The third kappa shape index (κ3) is 3.23. The maximum atomic E-state index is 13.5. The first-order valence-electron chi connectivity index (χ1n) is 5.90. The number of hydrogen-bond donors (Lipinski definition) is 2. The molecule has 0 bridgehead atoms. The summed E-state index contributed by atoms with van der Waals surface area (Å²) in [5.74, 6) is -4.29. The van der Waals surface area contributed by atoms with Crippen LogP contribution in [0.4, 0.5) is 13.2 Å². The third-order valence-electron chi connectivity index (χ3n) is 2.91. The van der Waals surface area contributed by atoms with Crippen molar-refractivity contribution < 1.29 is 18.3 Å². The van der Waals surface area contributed by atoms with E-state index in [1.807, 2.05) is 13.8 Å². The first-order chi connectivity index (χ1) is 8.38. The fraction of sp³-hybridized carbons (Fsp3) is 0.538. The molecule has 0 saturated heterocycles. The van der Waals surface area contributed by atoms with Crippen LogP contribution in [-0.4, -0.2) is 11.7 Å². The van der Waals surface area contributed by atoms with Crippen molar-refractivity contribution in [1.82, 2.24) is 0 Å². The van der Waals surface area contributed by atoms with Gasteiger partial charge in [-0.1, -0.05) is 19.9 Å². The Hall–Kier alpha value is -1.07. The smallest absolute Gasteiger partial charge is 0.194 e. The SMILES string of the molecule is CC(C)CC(CN)C(O)c1ccc(F)c(F)c1F. The zero-order valence-electron chi connectivity index (χ0n) is 10.5. The van der Waals surface area contributed by atoms with Crippen molar-refractivity contribution in [3.05, 3.63) is 35.1 Å². The highest BCUT2D eigenvalue weighted by molar-refractivity contribution is 5.23. The van der Waals surface area contributed by atoms with Gasteiger partial charge in [0.15, 0.2) is 17.5 Å². The summed E-state index contributed by atoms with van der Waals surface area (Å²) >= 11 is 0. The van der Waals surface area contributed by atoms with Gasteiger partial charge in [-0.3, -0.25) is 0 Å². The summed E-state index contributed by atoms with van der Waals surface area (Å²) in [4.78, 5) is 0. The number of halogens is 3. The third-order valence-corrected chi connectivity index (χ3v) is 2.91. The quantitative estimate of drug-likeness (QED) is 0.801. The molecule has 0 saturated carbocycles. The van der Waals surface area contributed by atoms with Gasteiger partial charge in [0.2, 0.25) is 0 Å². The average Bonchev–Trinajstić information content (AvgIpc) is 2.32. The molecule has 5 heteroatoms. The summed E-state index contributed by atoms with van der Waals surface area (Å²) in [7, 11) is 0. The van der Waals surface area contributed by atoms with E-state index in [1.54, 1.807) is 0 Å². The highest BCUT2D eigenvalue weighted by atomic mass is 19.2. The van der Waals surface area contributed by atoms with E-state index in [2.05, 4.69) is 0 Å². The zero-order valence-corrected chi connectivity index (χ0v) is 10.5. The monoisotopic (exact) mass is 261 g/mol. The van der Waals surface area contributed by atoms with Gasteiger partial charge in [-0.05, 0) is 24.9 Å². The van der Waals surface area contributed by atoms with Crippen molar-refractivity contribution in [2.45, 2.75) is 26.4 Å². The molecule has 0 spiro atoms. The van der Waals surface area contributed by atoms with Gasteiger partial charge in [0.05, 0.1) is 6.10 Å². The second-order valence-corrected chi connectivity index (χ2v) is 4.83. The number of aliphatic hydroxyl groups excluding tert-OH is 1. The molecule has 0 fully saturated rings. The van der Waals surface area contributed by atoms with Crippen molar-refractivity contribution in [2.75, 3.05) is 6.54 Å². The molecule has 0 heterocycles. The Morgan fingerprint density at radius 2 is 1.78 bits per heavy atom. The van der Waals surface area contributed by atoms with Crippen LogP contribution >= 0.6 is 0 Å². The Labute approximate surface area is 105 Å². The van der Waals surface area contributed by atoms with Crippen LogP contribution in [0.5, 0.6) is 0 Å². The van der Waals surface area contributed by atoms with Crippen LogP contribution < -0.4 is 5.73 Å². The molecule has 102 valence electrons. The normalized spacial score (nSPS) is 14.9. The number of rotatable bonds is 5. The Bertz CT molecular complexity index is 409. The van der Waals surface area contributed by atoms with Crippen molar-refractivity contribution in [2.24, 2.45) is 17.6 Å². The first kappa shape index (κ1) is 15.0. The summed E-state index contributed by atoms with van der Waals surface area (Å²) in [6.07, 6.45) is -0.650. The predicted molar refractivity (Wildman–Crippen MR) is 63.3 cm³/mol. The lowest BCUT2D eigenvalue weighted by molar-refractivity contribution is 0.0949. The Kier molecular flexibility index (Phi) is 5.16. The highest BCUT2D eigenvalue weighted by Crippen LogP contribution is 2.29. The van der Waals surface area contributed by atoms with Gasteiger partial charge in [0, 0.05) is 11.5 Å². The summed E-state index contributed by atoms with van der Waals surface area (Å²) in [6.45, 7) is 4.03. The molecule has 0 aromatic heterocycles. The molecule has 0 aliphatic heterocycles. The van der Waals surface area contributed by atoms with E-state index in [0.29, 0.717) is 6.42 Å². The lowest BCUT2D eigenvalue weighted by Crippen LogP contribution is -2.24. The van der Waals surface area contributed by atoms with E-state index in [4.69, 9.17) is 5.73 Å². The number of hydrogen-bond acceptors (Lipinski definition) is 2. The maximum Gasteiger partial charge on any atom is 0.194 e. The zero-order chi connectivity index (χ0) is 13.9. The van der Waals surface area contributed by atoms with E-state index < -0.39 is 23.6 Å². The van der Waals surface area contributed by atoms with E-state index in [0.717, 1.165) is 12.1 Å². The molecule has 1 aromatic carbocycles. The van der Waals surface area contributed by atoms with Crippen molar-refractivity contribution in [3.8, 4) is 0 Å². The van der Waals surface area contributed by atoms with Gasteiger partial charge in [0.25, 0.3) is 0 Å². The van der Waals surface area contributed by atoms with Crippen LogP contribution in [0.15, 0.2) is 12.1 Å². The molecule has 1 rings (SSSR count). The summed E-state index contributed by atoms with van der Waals surface area (Å²) < 4.78 is 39.4. The summed E-state index contributed by atoms with van der Waals surface area (Å²) in [5, 5.41) is 10.0. The molecule has 1 aromatic rings. The number of nitrogens with two attached hydrogens (primary N) is 1. The van der Waals surface area contributed by atoms with Gasteiger partial charge < -0.3 is 10.8 Å². The molecule has 18 heavy (non-hydrogen) atoms. The standard InChI is InChI=1S/C13H18F3NO/c1-7(2)5-8(6-17)13(18)9-3-4-10(14)12(16)11(9)15/h3-4,7-8,13,18H,5-6,17H2,1-2H3. The van der Waals surface area contributed by atoms with Gasteiger partial charge >= 0.3 is 0 Å². The molecule has 0 aliphatic rings. The lowest BCUT2D eigenvalue weighted by Gasteiger charge is -2.23. The molecule has 2 atom stereocenters. The van der Waals surface area contributed by atoms with Crippen LogP contribution in [0.2, 0.25) is 0 Å². The second kappa shape index (κ2) is 6.20. The van der Waals surface area contributed by atoms with Gasteiger partial charge in [-0.25, -0.2) is 13.2 Å². The lowest BCUT2D eigenvalue weighted by atomic mass is 9.88.